The highest BCUT2D eigenvalue weighted by Crippen LogP contribution is 2.20. The molecule has 4 N–H and O–H groups in total. The molecule has 1 saturated heterocycles. The van der Waals surface area contributed by atoms with Gasteiger partial charge in [0.05, 0.1) is 25.5 Å². The standard InChI is InChI=1S/C26H35ClN4O8/c1-15(28-22(34)10-11-23(35)39-3)24(36)29-16(2)26(38)31-12-4-5-20(31)25(37)30-19(21(33)14-27)13-17-6-8-18(32)9-7-17/h6-9,15-16,19-20,32H,4-5,10-14H2,1-3H3,(H,28,34)(H,29,36)(H,30,37)/t15-,16-,19-,20-/m0/s1. The molecule has 4 atom stereocenters. The number of nitrogens with one attached hydrogen (secondary N) is 3. The van der Waals surface area contributed by atoms with Crippen LogP contribution in [0.25, 0.3) is 0 Å². The molecule has 0 unspecified atom stereocenters. The van der Waals surface area contributed by atoms with Gasteiger partial charge < -0.3 is 30.7 Å². The molecule has 1 aliphatic rings. The second kappa shape index (κ2) is 15.1. The Morgan fingerprint density at radius 3 is 2.31 bits per heavy atom. The van der Waals surface area contributed by atoms with Crippen molar-refractivity contribution in [2.45, 2.75) is 70.1 Å². The number of ether oxygens (including phenoxy) is 1. The minimum Gasteiger partial charge on any atom is -0.508 e. The maximum Gasteiger partial charge on any atom is 0.306 e. The van der Waals surface area contributed by atoms with E-state index >= 15 is 0 Å². The van der Waals surface area contributed by atoms with Gasteiger partial charge in [-0.3, -0.25) is 28.8 Å². The predicted molar refractivity (Wildman–Crippen MR) is 141 cm³/mol. The molecule has 1 aromatic carbocycles. The maximum absolute atomic E-state index is 13.1. The molecule has 0 aliphatic carbocycles. The molecule has 1 fully saturated rings. The van der Waals surface area contributed by atoms with Gasteiger partial charge in [0.2, 0.25) is 23.6 Å². The largest absolute Gasteiger partial charge is 0.508 e. The van der Waals surface area contributed by atoms with Gasteiger partial charge in [-0.15, -0.1) is 11.6 Å². The number of ketones is 1. The topological polar surface area (TPSA) is 171 Å². The quantitative estimate of drug-likeness (QED) is 0.193. The number of aromatic hydroxyl groups is 1. The highest BCUT2D eigenvalue weighted by Gasteiger charge is 2.38. The van der Waals surface area contributed by atoms with Crippen molar-refractivity contribution in [3.05, 3.63) is 29.8 Å². The molecule has 0 radical (unpaired) electrons. The third-order valence-corrected chi connectivity index (χ3v) is 6.60. The Morgan fingerprint density at radius 1 is 1.03 bits per heavy atom. The van der Waals surface area contributed by atoms with Crippen molar-refractivity contribution in [2.75, 3.05) is 19.5 Å². The molecule has 0 saturated carbocycles. The first kappa shape index (κ1) is 31.5. The van der Waals surface area contributed by atoms with E-state index in [0.29, 0.717) is 24.9 Å². The van der Waals surface area contributed by atoms with Crippen LogP contribution in [0, 0.1) is 0 Å². The number of phenolic OH excluding ortho intramolecular Hbond substituents is 1. The number of Topliss-reactive ketones (excluding diaryl/α,β-unsaturated/α-hetero) is 1. The van der Waals surface area contributed by atoms with Gasteiger partial charge in [-0.1, -0.05) is 12.1 Å². The fraction of sp³-hybridized carbons (Fsp3) is 0.538. The molecule has 4 amide bonds. The summed E-state index contributed by atoms with van der Waals surface area (Å²) in [4.78, 5) is 75.7. The second-order valence-corrected chi connectivity index (χ2v) is 9.58. The number of hydrogen-bond acceptors (Lipinski definition) is 8. The van der Waals surface area contributed by atoms with Gasteiger partial charge in [0.1, 0.15) is 23.9 Å². The van der Waals surface area contributed by atoms with Gasteiger partial charge >= 0.3 is 5.97 Å². The number of phenols is 1. The first-order valence-electron chi connectivity index (χ1n) is 12.6. The van der Waals surface area contributed by atoms with E-state index in [2.05, 4.69) is 20.7 Å². The zero-order chi connectivity index (χ0) is 29.1. The lowest BCUT2D eigenvalue weighted by molar-refractivity contribution is -0.142. The van der Waals surface area contributed by atoms with E-state index in [1.54, 1.807) is 12.1 Å². The summed E-state index contributed by atoms with van der Waals surface area (Å²) < 4.78 is 4.48. The van der Waals surface area contributed by atoms with Crippen LogP contribution in [0.5, 0.6) is 5.75 Å². The number of carbonyl (C=O) groups is 6. The van der Waals surface area contributed by atoms with Crippen LogP contribution < -0.4 is 16.0 Å². The summed E-state index contributed by atoms with van der Waals surface area (Å²) in [6, 6.07) is 2.50. The number of carbonyl (C=O) groups excluding carboxylic acids is 6. The number of hydrogen-bond donors (Lipinski definition) is 4. The average Bonchev–Trinajstić information content (AvgIpc) is 3.41. The van der Waals surface area contributed by atoms with Crippen molar-refractivity contribution in [1.82, 2.24) is 20.9 Å². The summed E-state index contributed by atoms with van der Waals surface area (Å²) in [5.41, 5.74) is 0.707. The molecular formula is C26H35ClN4O8. The first-order valence-corrected chi connectivity index (χ1v) is 13.1. The lowest BCUT2D eigenvalue weighted by atomic mass is 10.0. The van der Waals surface area contributed by atoms with Crippen LogP contribution in [0.15, 0.2) is 24.3 Å². The Morgan fingerprint density at radius 2 is 1.69 bits per heavy atom. The molecule has 1 aromatic rings. The number of methoxy groups -OCH3 is 1. The number of halogens is 1. The van der Waals surface area contributed by atoms with Crippen LogP contribution >= 0.6 is 11.6 Å². The molecule has 39 heavy (non-hydrogen) atoms. The average molecular weight is 567 g/mol. The second-order valence-electron chi connectivity index (χ2n) is 9.32. The van der Waals surface area contributed by atoms with Crippen LogP contribution in [-0.4, -0.2) is 89.1 Å². The van der Waals surface area contributed by atoms with Crippen LogP contribution in [0.4, 0.5) is 0 Å². The first-order chi connectivity index (χ1) is 18.5. The highest BCUT2D eigenvalue weighted by atomic mass is 35.5. The van der Waals surface area contributed by atoms with Gasteiger partial charge in [0.25, 0.3) is 0 Å². The minimum absolute atomic E-state index is 0.0691. The molecule has 13 heteroatoms. The molecule has 214 valence electrons. The number of benzene rings is 1. The summed E-state index contributed by atoms with van der Waals surface area (Å²) in [5, 5.41) is 17.2. The maximum atomic E-state index is 13.1. The van der Waals surface area contributed by atoms with E-state index in [1.165, 1.54) is 38.0 Å². The Kier molecular flexibility index (Phi) is 12.2. The number of nitrogens with zero attached hydrogens (tertiary/aromatic N) is 1. The van der Waals surface area contributed by atoms with E-state index in [1.807, 2.05) is 0 Å². The van der Waals surface area contributed by atoms with Crippen molar-refractivity contribution >= 4 is 47.0 Å². The van der Waals surface area contributed by atoms with E-state index in [-0.39, 0.29) is 30.9 Å². The molecule has 1 heterocycles. The zero-order valence-electron chi connectivity index (χ0n) is 22.2. The summed E-state index contributed by atoms with van der Waals surface area (Å²) in [6.07, 6.45) is 0.822. The zero-order valence-corrected chi connectivity index (χ0v) is 23.0. The van der Waals surface area contributed by atoms with Gasteiger partial charge in [0, 0.05) is 13.0 Å². The molecule has 0 bridgehead atoms. The lowest BCUT2D eigenvalue weighted by Gasteiger charge is -2.29. The van der Waals surface area contributed by atoms with Crippen molar-refractivity contribution in [3.63, 3.8) is 0 Å². The molecule has 2 rings (SSSR count). The third-order valence-electron chi connectivity index (χ3n) is 6.34. The molecule has 0 aromatic heterocycles. The Labute approximate surface area is 231 Å². The SMILES string of the molecule is COC(=O)CCC(=O)N[C@@H](C)C(=O)N[C@@H](C)C(=O)N1CCC[C@H]1C(=O)N[C@@H](Cc1ccc(O)cc1)C(=O)CCl. The molecule has 1 aliphatic heterocycles. The highest BCUT2D eigenvalue weighted by molar-refractivity contribution is 6.28. The van der Waals surface area contributed by atoms with Gasteiger partial charge in [0.15, 0.2) is 5.78 Å². The summed E-state index contributed by atoms with van der Waals surface area (Å²) in [7, 11) is 1.21. The van der Waals surface area contributed by atoms with Gasteiger partial charge in [-0.25, -0.2) is 0 Å². The van der Waals surface area contributed by atoms with Crippen molar-refractivity contribution in [1.29, 1.82) is 0 Å². The van der Waals surface area contributed by atoms with Crippen LogP contribution in [0.1, 0.15) is 45.1 Å². The van der Waals surface area contributed by atoms with E-state index < -0.39 is 59.5 Å². The van der Waals surface area contributed by atoms with Crippen LogP contribution in [0.3, 0.4) is 0 Å². The van der Waals surface area contributed by atoms with Crippen molar-refractivity contribution < 1.29 is 38.6 Å². The summed E-state index contributed by atoms with van der Waals surface area (Å²) in [5.74, 6) is -3.30. The summed E-state index contributed by atoms with van der Waals surface area (Å²) in [6.45, 7) is 3.21. The van der Waals surface area contributed by atoms with E-state index in [9.17, 15) is 33.9 Å². The number of esters is 1. The fourth-order valence-corrected chi connectivity index (χ4v) is 4.31. The smallest absolute Gasteiger partial charge is 0.306 e. The Balaban J connectivity index is 1.97. The van der Waals surface area contributed by atoms with Crippen molar-refractivity contribution in [2.24, 2.45) is 0 Å². The molecule has 12 nitrogen and oxygen atoms in total. The molecular weight excluding hydrogens is 532 g/mol. The monoisotopic (exact) mass is 566 g/mol. The van der Waals surface area contributed by atoms with Crippen LogP contribution in [0.2, 0.25) is 0 Å². The number of alkyl halides is 1. The minimum atomic E-state index is -0.988. The third kappa shape index (κ3) is 9.54. The van der Waals surface area contributed by atoms with Crippen LogP contribution in [-0.2, 0) is 39.9 Å². The van der Waals surface area contributed by atoms with Gasteiger partial charge in [-0.05, 0) is 50.8 Å². The Hall–Kier alpha value is -3.67. The lowest BCUT2D eigenvalue weighted by Crippen LogP contribution is -2.56. The van der Waals surface area contributed by atoms with E-state index in [0.717, 1.165) is 0 Å². The van der Waals surface area contributed by atoms with Crippen molar-refractivity contribution in [3.8, 4) is 5.75 Å². The van der Waals surface area contributed by atoms with Gasteiger partial charge in [-0.2, -0.15) is 0 Å². The summed E-state index contributed by atoms with van der Waals surface area (Å²) >= 11 is 5.75. The number of rotatable bonds is 13. The van der Waals surface area contributed by atoms with E-state index in [4.69, 9.17) is 11.6 Å². The number of likely N-dealkylation sites (tertiary alicyclic amines) is 1. The Bertz CT molecular complexity index is 1060. The fourth-order valence-electron chi connectivity index (χ4n) is 4.12. The normalized spacial score (nSPS) is 16.9. The molecule has 0 spiro atoms. The number of amides is 4. The predicted octanol–water partition coefficient (Wildman–Crippen LogP) is 0.181.